The van der Waals surface area contributed by atoms with Crippen LogP contribution in [0.5, 0.6) is 0 Å². The second-order valence-electron chi connectivity index (χ2n) is 4.48. The summed E-state index contributed by atoms with van der Waals surface area (Å²) in [5.41, 5.74) is 0. The normalized spacial score (nSPS) is 19.1. The highest BCUT2D eigenvalue weighted by Crippen LogP contribution is 2.25. The molecule has 3 nitrogen and oxygen atoms in total. The monoisotopic (exact) mass is 227 g/mol. The molecule has 2 rings (SSSR count). The van der Waals surface area contributed by atoms with Crippen LogP contribution in [-0.2, 0) is 6.54 Å². The number of hydrogen-bond donors (Lipinski definition) is 0. The number of hydrogen-bond acceptors (Lipinski definition) is 2. The molecule has 0 aliphatic heterocycles. The summed E-state index contributed by atoms with van der Waals surface area (Å²) in [7, 11) is 0. The Bertz CT molecular complexity index is 294. The van der Waals surface area contributed by atoms with Crippen LogP contribution in [0.15, 0.2) is 0 Å². The van der Waals surface area contributed by atoms with Gasteiger partial charge in [0.05, 0.1) is 0 Å². The molecule has 1 aromatic rings. The summed E-state index contributed by atoms with van der Waals surface area (Å²) in [4.78, 5) is 0. The minimum Gasteiger partial charge on any atom is -0.302 e. The van der Waals surface area contributed by atoms with Gasteiger partial charge >= 0.3 is 0 Å². The molecule has 0 atom stereocenters. The second kappa shape index (κ2) is 4.97. The lowest BCUT2D eigenvalue weighted by atomic mass is 10.0. The molecule has 0 unspecified atom stereocenters. The van der Waals surface area contributed by atoms with Crippen LogP contribution in [-0.4, -0.2) is 14.8 Å². The predicted octanol–water partition coefficient (Wildman–Crippen LogP) is 3.21. The van der Waals surface area contributed by atoms with Gasteiger partial charge in [0, 0.05) is 6.54 Å². The Kier molecular flexibility index (Phi) is 3.62. The molecule has 1 aromatic heterocycles. The zero-order chi connectivity index (χ0) is 10.7. The van der Waals surface area contributed by atoms with Gasteiger partial charge in [0.25, 0.3) is 0 Å². The molecule has 15 heavy (non-hydrogen) atoms. The molecule has 0 amide bonds. The average Bonchev–Trinajstić information content (AvgIpc) is 2.49. The number of rotatable bonds is 2. The fraction of sp³-hybridized carbons (Fsp3) is 0.818. The molecule has 0 aromatic carbocycles. The molecule has 0 bridgehead atoms. The van der Waals surface area contributed by atoms with E-state index in [2.05, 4.69) is 10.2 Å². The van der Waals surface area contributed by atoms with Gasteiger partial charge in [-0.1, -0.05) is 25.7 Å². The van der Waals surface area contributed by atoms with Gasteiger partial charge in [-0.15, -0.1) is 10.2 Å². The highest BCUT2D eigenvalue weighted by atomic mass is 35.5. The molecule has 0 saturated heterocycles. The lowest BCUT2D eigenvalue weighted by molar-refractivity contribution is 0.391. The average molecular weight is 228 g/mol. The van der Waals surface area contributed by atoms with E-state index in [-0.39, 0.29) is 0 Å². The first-order valence-electron chi connectivity index (χ1n) is 5.82. The van der Waals surface area contributed by atoms with E-state index >= 15 is 0 Å². The molecule has 0 radical (unpaired) electrons. The van der Waals surface area contributed by atoms with E-state index in [1.807, 2.05) is 11.5 Å². The van der Waals surface area contributed by atoms with Crippen molar-refractivity contribution in [1.82, 2.24) is 14.8 Å². The van der Waals surface area contributed by atoms with Crippen LogP contribution in [0.1, 0.15) is 44.3 Å². The van der Waals surface area contributed by atoms with Crippen LogP contribution in [0.2, 0.25) is 5.28 Å². The van der Waals surface area contributed by atoms with E-state index < -0.39 is 0 Å². The molecule has 1 fully saturated rings. The smallest absolute Gasteiger partial charge is 0.225 e. The van der Waals surface area contributed by atoms with Gasteiger partial charge in [-0.3, -0.25) is 0 Å². The molecule has 4 heteroatoms. The third-order valence-corrected chi connectivity index (χ3v) is 3.59. The summed E-state index contributed by atoms with van der Waals surface area (Å²) in [6, 6.07) is 0. The van der Waals surface area contributed by atoms with E-state index in [1.165, 1.54) is 38.5 Å². The summed E-state index contributed by atoms with van der Waals surface area (Å²) in [6.07, 6.45) is 8.17. The Labute approximate surface area is 95.8 Å². The van der Waals surface area contributed by atoms with Gasteiger partial charge < -0.3 is 4.57 Å². The van der Waals surface area contributed by atoms with Gasteiger partial charge in [-0.2, -0.15) is 0 Å². The van der Waals surface area contributed by atoms with Crippen LogP contribution in [0, 0.1) is 12.8 Å². The highest BCUT2D eigenvalue weighted by Gasteiger charge is 2.15. The Hall–Kier alpha value is -0.570. The summed E-state index contributed by atoms with van der Waals surface area (Å²) < 4.78 is 2.04. The number of aryl methyl sites for hydroxylation is 1. The van der Waals surface area contributed by atoms with Crippen molar-refractivity contribution >= 4 is 11.6 Å². The van der Waals surface area contributed by atoms with Gasteiger partial charge in [0.2, 0.25) is 5.28 Å². The Morgan fingerprint density at radius 3 is 2.40 bits per heavy atom. The fourth-order valence-electron chi connectivity index (χ4n) is 2.37. The molecule has 1 aliphatic carbocycles. The Balaban J connectivity index is 2.00. The zero-order valence-electron chi connectivity index (χ0n) is 9.25. The summed E-state index contributed by atoms with van der Waals surface area (Å²) in [5, 5.41) is 8.41. The maximum absolute atomic E-state index is 5.99. The zero-order valence-corrected chi connectivity index (χ0v) is 10.0. The first kappa shape index (κ1) is 10.9. The molecule has 0 spiro atoms. The summed E-state index contributed by atoms with van der Waals surface area (Å²) in [5.74, 6) is 1.70. The predicted molar refractivity (Wildman–Crippen MR) is 61.0 cm³/mol. The van der Waals surface area contributed by atoms with Crippen molar-refractivity contribution in [3.8, 4) is 0 Å². The topological polar surface area (TPSA) is 30.7 Å². The molecular weight excluding hydrogens is 210 g/mol. The first-order valence-corrected chi connectivity index (χ1v) is 6.20. The molecule has 1 aliphatic rings. The number of halogens is 1. The van der Waals surface area contributed by atoms with Crippen molar-refractivity contribution in [2.45, 2.75) is 52.0 Å². The van der Waals surface area contributed by atoms with Gasteiger partial charge in [0.1, 0.15) is 5.82 Å². The molecule has 1 heterocycles. The minimum absolute atomic E-state index is 0.539. The lowest BCUT2D eigenvalue weighted by Crippen LogP contribution is -2.11. The van der Waals surface area contributed by atoms with Gasteiger partial charge in [0.15, 0.2) is 0 Å². The van der Waals surface area contributed by atoms with E-state index in [4.69, 9.17) is 11.6 Å². The Morgan fingerprint density at radius 2 is 1.87 bits per heavy atom. The van der Waals surface area contributed by atoms with Crippen LogP contribution >= 0.6 is 11.6 Å². The van der Waals surface area contributed by atoms with Crippen molar-refractivity contribution in [3.05, 3.63) is 11.1 Å². The molecule has 1 saturated carbocycles. The molecular formula is C11H18ClN3. The van der Waals surface area contributed by atoms with Crippen molar-refractivity contribution in [3.63, 3.8) is 0 Å². The second-order valence-corrected chi connectivity index (χ2v) is 4.82. The van der Waals surface area contributed by atoms with Crippen molar-refractivity contribution < 1.29 is 0 Å². The SMILES string of the molecule is Cc1nnc(Cl)n1CC1CCCCCC1. The maximum Gasteiger partial charge on any atom is 0.225 e. The maximum atomic E-state index is 5.99. The van der Waals surface area contributed by atoms with Crippen LogP contribution in [0.4, 0.5) is 0 Å². The van der Waals surface area contributed by atoms with E-state index in [0.29, 0.717) is 5.28 Å². The quantitative estimate of drug-likeness (QED) is 0.727. The highest BCUT2D eigenvalue weighted by molar-refractivity contribution is 6.28. The molecule has 84 valence electrons. The van der Waals surface area contributed by atoms with E-state index in [0.717, 1.165) is 18.3 Å². The van der Waals surface area contributed by atoms with Crippen molar-refractivity contribution in [2.24, 2.45) is 5.92 Å². The van der Waals surface area contributed by atoms with E-state index in [9.17, 15) is 0 Å². The van der Waals surface area contributed by atoms with Crippen LogP contribution in [0.25, 0.3) is 0 Å². The standard InChI is InChI=1S/C11H18ClN3/c1-9-13-14-11(12)15(9)8-10-6-4-2-3-5-7-10/h10H,2-8H2,1H3. The first-order chi connectivity index (χ1) is 7.27. The Morgan fingerprint density at radius 1 is 1.20 bits per heavy atom. The fourth-order valence-corrected chi connectivity index (χ4v) is 2.60. The third-order valence-electron chi connectivity index (χ3n) is 3.31. The largest absolute Gasteiger partial charge is 0.302 e. The number of aromatic nitrogens is 3. The third kappa shape index (κ3) is 2.71. The van der Waals surface area contributed by atoms with E-state index in [1.54, 1.807) is 0 Å². The minimum atomic E-state index is 0.539. The van der Waals surface area contributed by atoms with Crippen LogP contribution in [0.3, 0.4) is 0 Å². The summed E-state index contributed by atoms with van der Waals surface area (Å²) in [6.45, 7) is 2.97. The summed E-state index contributed by atoms with van der Waals surface area (Å²) >= 11 is 5.99. The van der Waals surface area contributed by atoms with Gasteiger partial charge in [-0.25, -0.2) is 0 Å². The lowest BCUT2D eigenvalue weighted by Gasteiger charge is -2.15. The van der Waals surface area contributed by atoms with Crippen molar-refractivity contribution in [1.29, 1.82) is 0 Å². The van der Waals surface area contributed by atoms with Gasteiger partial charge in [-0.05, 0) is 37.3 Å². The number of nitrogens with zero attached hydrogens (tertiary/aromatic N) is 3. The molecule has 0 N–H and O–H groups in total. The van der Waals surface area contributed by atoms with Crippen LogP contribution < -0.4 is 0 Å². The van der Waals surface area contributed by atoms with Crippen molar-refractivity contribution in [2.75, 3.05) is 0 Å².